The maximum atomic E-state index is 12.0. The van der Waals surface area contributed by atoms with Crippen LogP contribution < -0.4 is 0 Å². The molecule has 0 unspecified atom stereocenters. The molecular weight excluding hydrogens is 234 g/mol. The van der Waals surface area contributed by atoms with Crippen molar-refractivity contribution in [1.29, 1.82) is 0 Å². The fraction of sp³-hybridized carbons (Fsp3) is 0.308. The highest BCUT2D eigenvalue weighted by molar-refractivity contribution is 6.43. The molecule has 0 spiro atoms. The lowest BCUT2D eigenvalue weighted by atomic mass is 9.86. The number of carbonyl (C=O) groups is 3. The molecule has 1 N–H and O–H groups in total. The van der Waals surface area contributed by atoms with Gasteiger partial charge in [0.15, 0.2) is 0 Å². The number of Topliss-reactive ketones (excluding diaryl/α,β-unsaturated/α-hetero) is 1. The third-order valence-corrected chi connectivity index (χ3v) is 3.35. The van der Waals surface area contributed by atoms with Crippen LogP contribution in [0.5, 0.6) is 0 Å². The van der Waals surface area contributed by atoms with Crippen molar-refractivity contribution in [3.8, 4) is 0 Å². The average molecular weight is 247 g/mol. The van der Waals surface area contributed by atoms with Crippen molar-refractivity contribution in [1.82, 2.24) is 4.90 Å². The summed E-state index contributed by atoms with van der Waals surface area (Å²) < 4.78 is 0. The highest BCUT2D eigenvalue weighted by atomic mass is 16.4. The molecule has 2 rings (SSSR count). The topological polar surface area (TPSA) is 74.7 Å². The fourth-order valence-electron chi connectivity index (χ4n) is 1.94. The van der Waals surface area contributed by atoms with Gasteiger partial charge in [0.25, 0.3) is 5.91 Å². The Balaban J connectivity index is 2.19. The Bertz CT molecular complexity index is 511. The standard InChI is InChI=1S/C13H13NO4/c1-13(12(17)18)7-8-14(13)11(16)10(15)9-5-3-2-4-6-9/h2-6H,7-8H2,1H3,(H,17,18)/t13-/m0/s1. The van der Waals surface area contributed by atoms with Crippen LogP contribution in [-0.4, -0.2) is 39.7 Å². The predicted molar refractivity (Wildman–Crippen MR) is 63.1 cm³/mol. The van der Waals surface area contributed by atoms with Gasteiger partial charge < -0.3 is 10.0 Å². The van der Waals surface area contributed by atoms with E-state index in [0.29, 0.717) is 13.0 Å². The summed E-state index contributed by atoms with van der Waals surface area (Å²) in [6, 6.07) is 8.14. The molecule has 5 heteroatoms. The van der Waals surface area contributed by atoms with E-state index >= 15 is 0 Å². The number of aliphatic carboxylic acids is 1. The summed E-state index contributed by atoms with van der Waals surface area (Å²) in [6.07, 6.45) is 0.371. The summed E-state index contributed by atoms with van der Waals surface area (Å²) in [5, 5.41) is 9.06. The number of hydrogen-bond donors (Lipinski definition) is 1. The largest absolute Gasteiger partial charge is 0.480 e. The molecule has 0 bridgehead atoms. The number of likely N-dealkylation sites (tertiary alicyclic amines) is 1. The Morgan fingerprint density at radius 2 is 1.83 bits per heavy atom. The fourth-order valence-corrected chi connectivity index (χ4v) is 1.94. The van der Waals surface area contributed by atoms with Gasteiger partial charge in [-0.25, -0.2) is 4.79 Å². The number of ketones is 1. The predicted octanol–water partition coefficient (Wildman–Crippen LogP) is 0.945. The number of carboxylic acids is 1. The second-order valence-electron chi connectivity index (χ2n) is 4.48. The lowest BCUT2D eigenvalue weighted by Crippen LogP contribution is -2.65. The van der Waals surface area contributed by atoms with E-state index in [1.165, 1.54) is 19.1 Å². The average Bonchev–Trinajstić information content (AvgIpc) is 2.36. The van der Waals surface area contributed by atoms with Crippen LogP contribution in [0.4, 0.5) is 0 Å². The minimum Gasteiger partial charge on any atom is -0.480 e. The molecule has 0 aliphatic carbocycles. The summed E-state index contributed by atoms with van der Waals surface area (Å²) in [6.45, 7) is 1.76. The molecule has 1 amide bonds. The molecule has 18 heavy (non-hydrogen) atoms. The Morgan fingerprint density at radius 3 is 2.28 bits per heavy atom. The Hall–Kier alpha value is -2.17. The molecule has 1 aliphatic heterocycles. The van der Waals surface area contributed by atoms with Crippen LogP contribution in [0.25, 0.3) is 0 Å². The highest BCUT2D eigenvalue weighted by Gasteiger charge is 2.51. The molecule has 0 saturated carbocycles. The van der Waals surface area contributed by atoms with E-state index in [2.05, 4.69) is 0 Å². The maximum absolute atomic E-state index is 12.0. The number of rotatable bonds is 3. The van der Waals surface area contributed by atoms with Gasteiger partial charge >= 0.3 is 5.97 Å². The van der Waals surface area contributed by atoms with Crippen molar-refractivity contribution in [3.63, 3.8) is 0 Å². The van der Waals surface area contributed by atoms with Gasteiger partial charge in [-0.1, -0.05) is 30.3 Å². The van der Waals surface area contributed by atoms with Gasteiger partial charge in [0.2, 0.25) is 5.78 Å². The molecule has 1 aromatic rings. The SMILES string of the molecule is C[C@@]1(C(=O)O)CCN1C(=O)C(=O)c1ccccc1. The van der Waals surface area contributed by atoms with Crippen molar-refractivity contribution in [3.05, 3.63) is 35.9 Å². The zero-order chi connectivity index (χ0) is 13.3. The molecule has 1 saturated heterocycles. The van der Waals surface area contributed by atoms with Crippen LogP contribution >= 0.6 is 0 Å². The Kier molecular flexibility index (Phi) is 2.90. The van der Waals surface area contributed by atoms with Gasteiger partial charge in [-0.2, -0.15) is 0 Å². The van der Waals surface area contributed by atoms with E-state index in [1.807, 2.05) is 0 Å². The zero-order valence-electron chi connectivity index (χ0n) is 9.92. The van der Waals surface area contributed by atoms with Gasteiger partial charge in [-0.15, -0.1) is 0 Å². The van der Waals surface area contributed by atoms with Crippen LogP contribution in [-0.2, 0) is 9.59 Å². The maximum Gasteiger partial charge on any atom is 0.329 e. The van der Waals surface area contributed by atoms with Crippen LogP contribution in [0.2, 0.25) is 0 Å². The first-order chi connectivity index (χ1) is 8.47. The second-order valence-corrected chi connectivity index (χ2v) is 4.48. The molecule has 94 valence electrons. The number of carbonyl (C=O) groups excluding carboxylic acids is 2. The molecule has 1 aliphatic rings. The first-order valence-electron chi connectivity index (χ1n) is 5.61. The van der Waals surface area contributed by atoms with Crippen molar-refractivity contribution >= 4 is 17.7 Å². The molecule has 1 aromatic carbocycles. The summed E-state index contributed by atoms with van der Waals surface area (Å²) in [5.74, 6) is -2.50. The Labute approximate surface area is 104 Å². The number of carboxylic acid groups (broad SMARTS) is 1. The monoisotopic (exact) mass is 247 g/mol. The van der Waals surface area contributed by atoms with Crippen LogP contribution in [0, 0.1) is 0 Å². The third kappa shape index (κ3) is 1.77. The van der Waals surface area contributed by atoms with Crippen molar-refractivity contribution in [2.24, 2.45) is 0 Å². The van der Waals surface area contributed by atoms with Gasteiger partial charge in [-0.3, -0.25) is 9.59 Å². The van der Waals surface area contributed by atoms with E-state index in [-0.39, 0.29) is 5.56 Å². The molecule has 1 heterocycles. The van der Waals surface area contributed by atoms with Gasteiger partial charge in [0.05, 0.1) is 0 Å². The highest BCUT2D eigenvalue weighted by Crippen LogP contribution is 2.31. The van der Waals surface area contributed by atoms with E-state index < -0.39 is 23.2 Å². The normalized spacial score (nSPS) is 22.2. The first kappa shape index (κ1) is 12.3. The number of benzene rings is 1. The van der Waals surface area contributed by atoms with Gasteiger partial charge in [0.1, 0.15) is 5.54 Å². The van der Waals surface area contributed by atoms with Crippen molar-refractivity contribution in [2.45, 2.75) is 18.9 Å². The molecular formula is C13H13NO4. The summed E-state index contributed by atoms with van der Waals surface area (Å²) in [5.41, 5.74) is -0.969. The summed E-state index contributed by atoms with van der Waals surface area (Å²) >= 11 is 0. The smallest absolute Gasteiger partial charge is 0.329 e. The number of nitrogens with zero attached hydrogens (tertiary/aromatic N) is 1. The number of hydrogen-bond acceptors (Lipinski definition) is 3. The molecule has 0 radical (unpaired) electrons. The molecule has 5 nitrogen and oxygen atoms in total. The number of amides is 1. The minimum atomic E-state index is -1.25. The summed E-state index contributed by atoms with van der Waals surface area (Å²) in [4.78, 5) is 36.1. The van der Waals surface area contributed by atoms with Crippen LogP contribution in [0.1, 0.15) is 23.7 Å². The van der Waals surface area contributed by atoms with E-state index in [4.69, 9.17) is 5.11 Å². The van der Waals surface area contributed by atoms with E-state index in [9.17, 15) is 14.4 Å². The molecule has 0 aromatic heterocycles. The first-order valence-corrected chi connectivity index (χ1v) is 5.61. The lowest BCUT2D eigenvalue weighted by Gasteiger charge is -2.46. The Morgan fingerprint density at radius 1 is 1.22 bits per heavy atom. The minimum absolute atomic E-state index is 0.280. The quantitative estimate of drug-likeness (QED) is 0.637. The van der Waals surface area contributed by atoms with Crippen molar-refractivity contribution in [2.75, 3.05) is 6.54 Å². The van der Waals surface area contributed by atoms with Crippen LogP contribution in [0.15, 0.2) is 30.3 Å². The van der Waals surface area contributed by atoms with E-state index in [0.717, 1.165) is 4.90 Å². The summed E-state index contributed by atoms with van der Waals surface area (Å²) in [7, 11) is 0. The van der Waals surface area contributed by atoms with Crippen molar-refractivity contribution < 1.29 is 19.5 Å². The van der Waals surface area contributed by atoms with E-state index in [1.54, 1.807) is 18.2 Å². The third-order valence-electron chi connectivity index (χ3n) is 3.35. The molecule has 1 fully saturated rings. The zero-order valence-corrected chi connectivity index (χ0v) is 9.92. The molecule has 1 atom stereocenters. The van der Waals surface area contributed by atoms with Gasteiger partial charge in [-0.05, 0) is 13.3 Å². The van der Waals surface area contributed by atoms with Gasteiger partial charge in [0, 0.05) is 12.1 Å². The van der Waals surface area contributed by atoms with Crippen LogP contribution in [0.3, 0.4) is 0 Å². The second kappa shape index (κ2) is 4.25. The lowest BCUT2D eigenvalue weighted by molar-refractivity contribution is -0.166.